The maximum absolute atomic E-state index is 4.52. The molecule has 1 fully saturated rings. The van der Waals surface area contributed by atoms with Gasteiger partial charge in [-0.25, -0.2) is 4.98 Å². The minimum absolute atomic E-state index is 0.567. The first-order valence-electron chi connectivity index (χ1n) is 7.18. The minimum Gasteiger partial charge on any atom is -0.370 e. The fraction of sp³-hybridized carbons (Fsp3) is 0.667. The van der Waals surface area contributed by atoms with E-state index in [0.717, 1.165) is 18.8 Å². The molecule has 1 aliphatic heterocycles. The Morgan fingerprint density at radius 1 is 1.44 bits per heavy atom. The smallest absolute Gasteiger partial charge is 0.125 e. The molecule has 3 heteroatoms. The molecule has 1 saturated heterocycles. The van der Waals surface area contributed by atoms with Crippen LogP contribution in [-0.2, 0) is 0 Å². The third kappa shape index (κ3) is 3.02. The quantitative estimate of drug-likeness (QED) is 0.864. The number of anilines is 1. The second-order valence-corrected chi connectivity index (χ2v) is 5.39. The van der Waals surface area contributed by atoms with E-state index in [1.807, 2.05) is 6.20 Å². The number of likely N-dealkylation sites (tertiary alicyclic amines) is 1. The molecule has 2 heterocycles. The van der Waals surface area contributed by atoms with Gasteiger partial charge in [-0.3, -0.25) is 4.90 Å². The van der Waals surface area contributed by atoms with Crippen molar-refractivity contribution in [3.05, 3.63) is 23.9 Å². The predicted molar refractivity (Wildman–Crippen MR) is 76.8 cm³/mol. The molecule has 0 aromatic carbocycles. The van der Waals surface area contributed by atoms with Crippen LogP contribution in [0.5, 0.6) is 0 Å². The number of hydrogen-bond donors (Lipinski definition) is 1. The number of pyridine rings is 1. The topological polar surface area (TPSA) is 28.2 Å². The van der Waals surface area contributed by atoms with Crippen LogP contribution in [0.15, 0.2) is 18.3 Å². The van der Waals surface area contributed by atoms with Crippen molar-refractivity contribution in [2.45, 2.75) is 52.1 Å². The van der Waals surface area contributed by atoms with E-state index in [4.69, 9.17) is 0 Å². The molecule has 2 rings (SSSR count). The van der Waals surface area contributed by atoms with Crippen molar-refractivity contribution in [2.24, 2.45) is 0 Å². The number of rotatable bonds is 5. The van der Waals surface area contributed by atoms with Crippen LogP contribution < -0.4 is 5.32 Å². The molecule has 100 valence electrons. The predicted octanol–water partition coefficient (Wildman–Crippen LogP) is 3.45. The molecule has 3 nitrogen and oxygen atoms in total. The Morgan fingerprint density at radius 2 is 2.28 bits per heavy atom. The molecule has 0 amide bonds. The van der Waals surface area contributed by atoms with Gasteiger partial charge in [0.15, 0.2) is 0 Å². The molecule has 0 radical (unpaired) electrons. The second-order valence-electron chi connectivity index (χ2n) is 5.39. The lowest BCUT2D eigenvalue weighted by Gasteiger charge is -2.28. The van der Waals surface area contributed by atoms with Crippen molar-refractivity contribution in [1.29, 1.82) is 0 Å². The van der Waals surface area contributed by atoms with Gasteiger partial charge in [-0.1, -0.05) is 13.0 Å². The van der Waals surface area contributed by atoms with Crippen LogP contribution >= 0.6 is 0 Å². The zero-order chi connectivity index (χ0) is 13.0. The summed E-state index contributed by atoms with van der Waals surface area (Å²) in [5.74, 6) is 0.995. The first kappa shape index (κ1) is 13.3. The second kappa shape index (κ2) is 6.19. The molecule has 0 spiro atoms. The monoisotopic (exact) mass is 247 g/mol. The van der Waals surface area contributed by atoms with E-state index in [1.165, 1.54) is 24.9 Å². The van der Waals surface area contributed by atoms with Crippen molar-refractivity contribution in [3.8, 4) is 0 Å². The maximum Gasteiger partial charge on any atom is 0.125 e. The van der Waals surface area contributed by atoms with Crippen LogP contribution in [-0.4, -0.2) is 29.0 Å². The van der Waals surface area contributed by atoms with Gasteiger partial charge in [-0.15, -0.1) is 0 Å². The highest BCUT2D eigenvalue weighted by molar-refractivity contribution is 5.36. The van der Waals surface area contributed by atoms with Crippen LogP contribution in [0.2, 0.25) is 0 Å². The van der Waals surface area contributed by atoms with E-state index in [1.54, 1.807) is 0 Å². The first-order chi connectivity index (χ1) is 8.72. The molecule has 0 unspecified atom stereocenters. The molecule has 1 N–H and O–H groups in total. The molecule has 1 aliphatic rings. The maximum atomic E-state index is 4.52. The van der Waals surface area contributed by atoms with Crippen molar-refractivity contribution in [2.75, 3.05) is 18.4 Å². The first-order valence-corrected chi connectivity index (χ1v) is 7.18. The highest BCUT2D eigenvalue weighted by Gasteiger charge is 2.27. The van der Waals surface area contributed by atoms with Gasteiger partial charge in [0.05, 0.1) is 0 Å². The fourth-order valence-corrected chi connectivity index (χ4v) is 2.73. The zero-order valence-electron chi connectivity index (χ0n) is 11.8. The molecule has 18 heavy (non-hydrogen) atoms. The summed E-state index contributed by atoms with van der Waals surface area (Å²) >= 11 is 0. The van der Waals surface area contributed by atoms with Crippen LogP contribution in [0.1, 0.15) is 51.6 Å². The summed E-state index contributed by atoms with van der Waals surface area (Å²) in [6, 6.07) is 5.53. The Kier molecular flexibility index (Phi) is 4.59. The van der Waals surface area contributed by atoms with Crippen molar-refractivity contribution < 1.29 is 0 Å². The highest BCUT2D eigenvalue weighted by atomic mass is 15.2. The summed E-state index contributed by atoms with van der Waals surface area (Å²) in [6.07, 6.45) is 5.75. The standard InChI is InChI=1S/C15H25N3/c1-4-9-16-15-8-7-13(11-17-15)14-6-5-10-18(14)12(2)3/h7-8,11-12,14H,4-6,9-10H2,1-3H3,(H,16,17)/t14-/m0/s1. The van der Waals surface area contributed by atoms with Crippen molar-refractivity contribution in [1.82, 2.24) is 9.88 Å². The van der Waals surface area contributed by atoms with Crippen LogP contribution in [0.3, 0.4) is 0 Å². The van der Waals surface area contributed by atoms with Gasteiger partial charge in [-0.05, 0) is 51.3 Å². The highest BCUT2D eigenvalue weighted by Crippen LogP contribution is 2.33. The Morgan fingerprint density at radius 3 is 2.89 bits per heavy atom. The van der Waals surface area contributed by atoms with E-state index >= 15 is 0 Å². The number of aromatic nitrogens is 1. The van der Waals surface area contributed by atoms with Gasteiger partial charge in [0, 0.05) is 24.8 Å². The Bertz CT molecular complexity index is 359. The Hall–Kier alpha value is -1.09. The Labute approximate surface area is 111 Å². The molecule has 1 aromatic heterocycles. The van der Waals surface area contributed by atoms with E-state index in [9.17, 15) is 0 Å². The summed E-state index contributed by atoms with van der Waals surface area (Å²) in [6.45, 7) is 8.94. The molecule has 0 bridgehead atoms. The van der Waals surface area contributed by atoms with Crippen LogP contribution in [0.4, 0.5) is 5.82 Å². The molecule has 0 saturated carbocycles. The third-order valence-corrected chi connectivity index (χ3v) is 3.68. The van der Waals surface area contributed by atoms with E-state index in [-0.39, 0.29) is 0 Å². The molecular weight excluding hydrogens is 222 g/mol. The lowest BCUT2D eigenvalue weighted by atomic mass is 10.1. The third-order valence-electron chi connectivity index (χ3n) is 3.68. The van der Waals surface area contributed by atoms with Crippen LogP contribution in [0, 0.1) is 0 Å². The zero-order valence-corrected chi connectivity index (χ0v) is 11.8. The summed E-state index contributed by atoms with van der Waals surface area (Å²) in [5.41, 5.74) is 1.36. The number of nitrogens with zero attached hydrogens (tertiary/aromatic N) is 2. The molecule has 0 aliphatic carbocycles. The van der Waals surface area contributed by atoms with Gasteiger partial charge < -0.3 is 5.32 Å². The molecular formula is C15H25N3. The summed E-state index contributed by atoms with van der Waals surface area (Å²) in [4.78, 5) is 7.10. The summed E-state index contributed by atoms with van der Waals surface area (Å²) < 4.78 is 0. The van der Waals surface area contributed by atoms with Crippen LogP contribution in [0.25, 0.3) is 0 Å². The lowest BCUT2D eigenvalue weighted by molar-refractivity contribution is 0.205. The SMILES string of the molecule is CCCNc1ccc([C@@H]2CCCN2C(C)C)cn1. The van der Waals surface area contributed by atoms with Crippen molar-refractivity contribution >= 4 is 5.82 Å². The molecule has 1 aromatic rings. The summed E-state index contributed by atoms with van der Waals surface area (Å²) in [7, 11) is 0. The average molecular weight is 247 g/mol. The Balaban J connectivity index is 2.04. The van der Waals surface area contributed by atoms with Crippen molar-refractivity contribution in [3.63, 3.8) is 0 Å². The fourth-order valence-electron chi connectivity index (χ4n) is 2.73. The van der Waals surface area contributed by atoms with Gasteiger partial charge in [-0.2, -0.15) is 0 Å². The van der Waals surface area contributed by atoms with E-state index < -0.39 is 0 Å². The van der Waals surface area contributed by atoms with Gasteiger partial charge in [0.2, 0.25) is 0 Å². The molecule has 1 atom stereocenters. The minimum atomic E-state index is 0.567. The van der Waals surface area contributed by atoms with Gasteiger partial charge in [0.1, 0.15) is 5.82 Å². The van der Waals surface area contributed by atoms with E-state index in [2.05, 4.69) is 48.1 Å². The summed E-state index contributed by atoms with van der Waals surface area (Å²) in [5, 5.41) is 3.32. The van der Waals surface area contributed by atoms with Gasteiger partial charge >= 0.3 is 0 Å². The normalized spacial score (nSPS) is 20.6. The average Bonchev–Trinajstić information content (AvgIpc) is 2.86. The lowest BCUT2D eigenvalue weighted by Crippen LogP contribution is -2.30. The van der Waals surface area contributed by atoms with Gasteiger partial charge in [0.25, 0.3) is 0 Å². The largest absolute Gasteiger partial charge is 0.370 e. The van der Waals surface area contributed by atoms with E-state index in [0.29, 0.717) is 12.1 Å². The number of hydrogen-bond acceptors (Lipinski definition) is 3. The number of nitrogens with one attached hydrogen (secondary N) is 1.